The van der Waals surface area contributed by atoms with Crippen LogP contribution in [0.25, 0.3) is 0 Å². The normalized spacial score (nSPS) is 11.3. The average Bonchev–Trinajstić information content (AvgIpc) is 2.56. The lowest BCUT2D eigenvalue weighted by Crippen LogP contribution is -2.03. The second-order valence-electron chi connectivity index (χ2n) is 5.95. The second kappa shape index (κ2) is 18.7. The summed E-state index contributed by atoms with van der Waals surface area (Å²) in [5, 5.41) is 0. The quantitative estimate of drug-likeness (QED) is 0.184. The Morgan fingerprint density at radius 2 is 1.48 bits per heavy atom. The van der Waals surface area contributed by atoms with E-state index in [0.717, 1.165) is 19.3 Å². The van der Waals surface area contributed by atoms with Crippen LogP contribution >= 0.6 is 0 Å². The van der Waals surface area contributed by atoms with Crippen molar-refractivity contribution in [2.75, 3.05) is 6.61 Å². The van der Waals surface area contributed by atoms with Crippen LogP contribution in [0.5, 0.6) is 0 Å². The van der Waals surface area contributed by atoms with E-state index < -0.39 is 0 Å². The van der Waals surface area contributed by atoms with Gasteiger partial charge in [0, 0.05) is 6.42 Å². The minimum absolute atomic E-state index is 0.101. The summed E-state index contributed by atoms with van der Waals surface area (Å²) in [5.41, 5.74) is 0. The molecule has 2 heteroatoms. The first-order chi connectivity index (χ1) is 11.3. The van der Waals surface area contributed by atoms with Gasteiger partial charge in [0.1, 0.15) is 6.61 Å². The lowest BCUT2D eigenvalue weighted by atomic mass is 10.1. The van der Waals surface area contributed by atoms with Crippen LogP contribution in [0.2, 0.25) is 0 Å². The molecular formula is C21H36O2. The second-order valence-corrected chi connectivity index (χ2v) is 5.95. The first kappa shape index (κ1) is 21.7. The van der Waals surface area contributed by atoms with Gasteiger partial charge < -0.3 is 4.74 Å². The van der Waals surface area contributed by atoms with Gasteiger partial charge in [0.25, 0.3) is 0 Å². The lowest BCUT2D eigenvalue weighted by molar-refractivity contribution is -0.142. The number of unbranched alkanes of at least 4 members (excludes halogenated alkanes) is 8. The summed E-state index contributed by atoms with van der Waals surface area (Å²) in [6.45, 7) is 6.10. The Morgan fingerprint density at radius 3 is 2.13 bits per heavy atom. The third-order valence-electron chi connectivity index (χ3n) is 3.69. The SMILES string of the molecule is C=CCOC(=O)CCCCCCC/C=C\C/C=C\CCCCC. The zero-order valence-electron chi connectivity index (χ0n) is 15.1. The van der Waals surface area contributed by atoms with Crippen molar-refractivity contribution in [1.29, 1.82) is 0 Å². The maximum Gasteiger partial charge on any atom is 0.306 e. The van der Waals surface area contributed by atoms with Gasteiger partial charge in [0.05, 0.1) is 0 Å². The average molecular weight is 321 g/mol. The number of hydrogen-bond donors (Lipinski definition) is 0. The Balaban J connectivity index is 3.24. The van der Waals surface area contributed by atoms with Crippen LogP contribution in [0.15, 0.2) is 37.0 Å². The first-order valence-corrected chi connectivity index (χ1v) is 9.37. The molecule has 0 spiro atoms. The number of hydrogen-bond acceptors (Lipinski definition) is 2. The molecule has 2 nitrogen and oxygen atoms in total. The molecule has 0 unspecified atom stereocenters. The third-order valence-corrected chi connectivity index (χ3v) is 3.69. The maximum absolute atomic E-state index is 11.3. The predicted octanol–water partition coefficient (Wildman–Crippen LogP) is 6.53. The number of carbonyl (C=O) groups excluding carboxylic acids is 1. The van der Waals surface area contributed by atoms with Crippen LogP contribution < -0.4 is 0 Å². The Labute approximate surface area is 143 Å². The highest BCUT2D eigenvalue weighted by Crippen LogP contribution is 2.08. The highest BCUT2D eigenvalue weighted by atomic mass is 16.5. The molecule has 0 aromatic carbocycles. The van der Waals surface area contributed by atoms with E-state index in [-0.39, 0.29) is 5.97 Å². The van der Waals surface area contributed by atoms with E-state index in [4.69, 9.17) is 4.74 Å². The molecule has 0 N–H and O–H groups in total. The molecule has 0 aliphatic heterocycles. The fourth-order valence-electron chi connectivity index (χ4n) is 2.30. The Morgan fingerprint density at radius 1 is 0.870 bits per heavy atom. The zero-order chi connectivity index (χ0) is 17.0. The summed E-state index contributed by atoms with van der Waals surface area (Å²) in [5.74, 6) is -0.101. The van der Waals surface area contributed by atoms with Gasteiger partial charge in [-0.2, -0.15) is 0 Å². The van der Waals surface area contributed by atoms with E-state index in [1.165, 1.54) is 51.4 Å². The molecule has 0 rings (SSSR count). The summed E-state index contributed by atoms with van der Waals surface area (Å²) in [7, 11) is 0. The number of esters is 1. The Bertz CT molecular complexity index is 329. The highest BCUT2D eigenvalue weighted by Gasteiger charge is 2.00. The van der Waals surface area contributed by atoms with E-state index in [1.54, 1.807) is 6.08 Å². The molecule has 0 saturated carbocycles. The van der Waals surface area contributed by atoms with Gasteiger partial charge in [0.2, 0.25) is 0 Å². The van der Waals surface area contributed by atoms with Gasteiger partial charge >= 0.3 is 5.97 Å². The molecule has 0 saturated heterocycles. The van der Waals surface area contributed by atoms with Crippen LogP contribution in [-0.2, 0) is 9.53 Å². The number of ether oxygens (including phenoxy) is 1. The largest absolute Gasteiger partial charge is 0.461 e. The van der Waals surface area contributed by atoms with Crippen molar-refractivity contribution in [2.45, 2.75) is 84.0 Å². The minimum Gasteiger partial charge on any atom is -0.461 e. The van der Waals surface area contributed by atoms with Crippen molar-refractivity contribution >= 4 is 5.97 Å². The highest BCUT2D eigenvalue weighted by molar-refractivity contribution is 5.69. The maximum atomic E-state index is 11.3. The molecule has 0 aliphatic carbocycles. The molecule has 0 fully saturated rings. The fourth-order valence-corrected chi connectivity index (χ4v) is 2.30. The van der Waals surface area contributed by atoms with Crippen LogP contribution in [0.4, 0.5) is 0 Å². The molecule has 0 radical (unpaired) electrons. The van der Waals surface area contributed by atoms with Crippen LogP contribution in [0.1, 0.15) is 84.0 Å². The first-order valence-electron chi connectivity index (χ1n) is 9.37. The topological polar surface area (TPSA) is 26.3 Å². The fraction of sp³-hybridized carbons (Fsp3) is 0.667. The van der Waals surface area contributed by atoms with Crippen LogP contribution in [0.3, 0.4) is 0 Å². The van der Waals surface area contributed by atoms with E-state index in [0.29, 0.717) is 13.0 Å². The smallest absolute Gasteiger partial charge is 0.306 e. The summed E-state index contributed by atoms with van der Waals surface area (Å²) >= 11 is 0. The van der Waals surface area contributed by atoms with Crippen LogP contribution in [0, 0.1) is 0 Å². The number of rotatable bonds is 16. The van der Waals surface area contributed by atoms with Crippen molar-refractivity contribution < 1.29 is 9.53 Å². The molecule has 0 bridgehead atoms. The lowest BCUT2D eigenvalue weighted by Gasteiger charge is -2.02. The Hall–Kier alpha value is -1.31. The standard InChI is InChI=1S/C21H36O2/c1-3-5-6-7-8-9-10-11-12-13-14-15-16-17-18-19-21(22)23-20-4-2/h4,8-9,11-12H,2-3,5-7,10,13-20H2,1H3/b9-8-,12-11-. The summed E-state index contributed by atoms with van der Waals surface area (Å²) in [6, 6.07) is 0. The summed E-state index contributed by atoms with van der Waals surface area (Å²) in [4.78, 5) is 11.3. The molecule has 23 heavy (non-hydrogen) atoms. The van der Waals surface area contributed by atoms with Crippen molar-refractivity contribution in [3.05, 3.63) is 37.0 Å². The number of carbonyl (C=O) groups is 1. The molecule has 0 amide bonds. The predicted molar refractivity (Wildman–Crippen MR) is 101 cm³/mol. The van der Waals surface area contributed by atoms with E-state index in [1.807, 2.05) is 0 Å². The minimum atomic E-state index is -0.101. The molecule has 132 valence electrons. The molecule has 0 aromatic heterocycles. The molecule has 0 atom stereocenters. The Kier molecular flexibility index (Phi) is 17.7. The van der Waals surface area contributed by atoms with Crippen molar-refractivity contribution in [1.82, 2.24) is 0 Å². The van der Waals surface area contributed by atoms with Crippen molar-refractivity contribution in [2.24, 2.45) is 0 Å². The van der Waals surface area contributed by atoms with Gasteiger partial charge in [-0.1, -0.05) is 76.0 Å². The molecule has 0 heterocycles. The van der Waals surface area contributed by atoms with E-state index in [2.05, 4.69) is 37.8 Å². The molecule has 0 aromatic rings. The van der Waals surface area contributed by atoms with E-state index >= 15 is 0 Å². The monoisotopic (exact) mass is 320 g/mol. The van der Waals surface area contributed by atoms with Gasteiger partial charge in [-0.05, 0) is 38.5 Å². The molecule has 0 aliphatic rings. The van der Waals surface area contributed by atoms with Crippen molar-refractivity contribution in [3.63, 3.8) is 0 Å². The molecular weight excluding hydrogens is 284 g/mol. The van der Waals surface area contributed by atoms with Gasteiger partial charge in [-0.15, -0.1) is 0 Å². The van der Waals surface area contributed by atoms with Crippen LogP contribution in [-0.4, -0.2) is 12.6 Å². The summed E-state index contributed by atoms with van der Waals surface area (Å²) < 4.78 is 4.94. The van der Waals surface area contributed by atoms with Crippen molar-refractivity contribution in [3.8, 4) is 0 Å². The van der Waals surface area contributed by atoms with Gasteiger partial charge in [-0.25, -0.2) is 0 Å². The zero-order valence-corrected chi connectivity index (χ0v) is 15.1. The van der Waals surface area contributed by atoms with E-state index in [9.17, 15) is 4.79 Å². The summed E-state index contributed by atoms with van der Waals surface area (Å²) in [6.07, 6.45) is 24.5. The third kappa shape index (κ3) is 18.6. The van der Waals surface area contributed by atoms with Gasteiger partial charge in [0.15, 0.2) is 0 Å². The number of allylic oxidation sites excluding steroid dienone is 4. The van der Waals surface area contributed by atoms with Gasteiger partial charge in [-0.3, -0.25) is 4.79 Å².